The molecule has 0 aliphatic carbocycles. The molecule has 0 radical (unpaired) electrons. The van der Waals surface area contributed by atoms with Crippen molar-refractivity contribution in [3.05, 3.63) is 83.9 Å². The monoisotopic (exact) mass is 1000 g/mol. The summed E-state index contributed by atoms with van der Waals surface area (Å²) in [7, 11) is 1.57. The van der Waals surface area contributed by atoms with Crippen LogP contribution in [-0.4, -0.2) is 147 Å². The molecule has 392 valence electrons. The molecule has 0 saturated carbocycles. The number of likely N-dealkylation sites (tertiary alicyclic amines) is 1. The first kappa shape index (κ1) is 57.0. The third-order valence-electron chi connectivity index (χ3n) is 12.3. The van der Waals surface area contributed by atoms with Gasteiger partial charge in [-0.25, -0.2) is 9.78 Å². The summed E-state index contributed by atoms with van der Waals surface area (Å²) in [5.41, 5.74) is 12.6. The fraction of sp³-hybridized carbons (Fsp3) is 0.510. The molecule has 1 fully saturated rings. The van der Waals surface area contributed by atoms with Crippen molar-refractivity contribution in [1.82, 2.24) is 52.1 Å². The molecule has 8 atom stereocenters. The van der Waals surface area contributed by atoms with Crippen LogP contribution in [0.25, 0.3) is 0 Å². The minimum absolute atomic E-state index is 0.0144. The number of phenolic OH excluding ortho intramolecular Hbond substituents is 1. The van der Waals surface area contributed by atoms with Crippen LogP contribution in [0, 0.1) is 11.8 Å². The summed E-state index contributed by atoms with van der Waals surface area (Å²) in [5.74, 6) is -7.15. The van der Waals surface area contributed by atoms with Gasteiger partial charge in [0.25, 0.3) is 0 Å². The third-order valence-corrected chi connectivity index (χ3v) is 12.3. The predicted molar refractivity (Wildman–Crippen MR) is 266 cm³/mol. The van der Waals surface area contributed by atoms with Crippen molar-refractivity contribution < 1.29 is 48.6 Å². The van der Waals surface area contributed by atoms with Crippen LogP contribution in [0.5, 0.6) is 5.75 Å². The lowest BCUT2D eigenvalue weighted by atomic mass is 9.96. The predicted octanol–water partition coefficient (Wildman–Crippen LogP) is -0.897. The number of carbonyl (C=O) groups is 8. The Hall–Kier alpha value is -7.56. The molecule has 1 saturated heterocycles. The van der Waals surface area contributed by atoms with Gasteiger partial charge in [-0.15, -0.1) is 0 Å². The number of hydrogen-bond acceptors (Lipinski definition) is 12. The van der Waals surface area contributed by atoms with E-state index in [0.717, 1.165) is 0 Å². The number of carboxylic acid groups (broad SMARTS) is 1. The number of guanidine groups is 1. The number of aromatic amines is 1. The zero-order valence-corrected chi connectivity index (χ0v) is 41.5. The molecule has 1 aliphatic heterocycles. The maximum absolute atomic E-state index is 14.5. The standard InChI is InChI=1S/C49H71N13O10/c1-6-29(4)41(46(69)58-36(24-32-25-53-27-55-32)47(70)62-21-11-15-38(62)44(67)59-37(48(71)72)23-30-12-8-7-9-13-30)61-43(66)35(22-31-16-18-33(63)19-17-31)57-45(68)40(28(2)3)60-42(65)34(56-39(64)26-52-5)14-10-20-54-49(50)51/h7-9,12-13,16-19,25,27-29,34-38,40-41,52,63H,6,10-11,14-15,20-24,26H2,1-5H3,(H,53,55)(H,56,64)(H,57,68)(H,58,69)(H,59,67)(H,60,65)(H,61,66)(H,71,72)(H4,50,51,54)/t29-,34-,35-,36+,37+,38-,40-,41-/m0/s1. The van der Waals surface area contributed by atoms with Gasteiger partial charge < -0.3 is 68.8 Å². The van der Waals surface area contributed by atoms with Gasteiger partial charge in [0.1, 0.15) is 48.0 Å². The number of carboxylic acids is 1. The Labute approximate surface area is 418 Å². The van der Waals surface area contributed by atoms with Crippen molar-refractivity contribution in [2.75, 3.05) is 26.7 Å². The van der Waals surface area contributed by atoms with Crippen LogP contribution in [-0.2, 0) is 57.6 Å². The summed E-state index contributed by atoms with van der Waals surface area (Å²) in [6.07, 6.45) is 4.20. The van der Waals surface area contributed by atoms with E-state index in [1.807, 2.05) is 0 Å². The van der Waals surface area contributed by atoms with Gasteiger partial charge in [0.15, 0.2) is 5.96 Å². The minimum atomic E-state index is -1.35. The summed E-state index contributed by atoms with van der Waals surface area (Å²) in [4.78, 5) is 122. The second-order valence-electron chi connectivity index (χ2n) is 18.3. The van der Waals surface area contributed by atoms with E-state index in [1.165, 1.54) is 29.6 Å². The Morgan fingerprint density at radius 2 is 1.40 bits per heavy atom. The number of H-pyrrole nitrogens is 1. The Morgan fingerprint density at radius 3 is 2.01 bits per heavy atom. The van der Waals surface area contributed by atoms with Crippen molar-refractivity contribution >= 4 is 53.3 Å². The summed E-state index contributed by atoms with van der Waals surface area (Å²) in [6, 6.07) is 6.24. The van der Waals surface area contributed by atoms with Crippen LogP contribution in [0.4, 0.5) is 0 Å². The van der Waals surface area contributed by atoms with Gasteiger partial charge in [0.05, 0.1) is 12.9 Å². The zero-order valence-electron chi connectivity index (χ0n) is 41.5. The molecule has 1 aliphatic rings. The van der Waals surface area contributed by atoms with Crippen molar-refractivity contribution in [1.29, 1.82) is 0 Å². The first-order valence-electron chi connectivity index (χ1n) is 24.1. The second kappa shape index (κ2) is 28.3. The summed E-state index contributed by atoms with van der Waals surface area (Å²) in [5, 5.41) is 39.1. The SMILES string of the molecule is CC[C@H](C)[C@H](NC(=O)[C@H](Cc1ccc(O)cc1)NC(=O)[C@@H](NC(=O)[C@H](CCCN=C(N)N)NC(=O)CNC)C(C)C)C(=O)N[C@H](Cc1cnc[nH]1)C(=O)N1CCC[C@H]1C(=O)N[C@H](Cc1ccccc1)C(=O)O. The molecule has 1 aromatic heterocycles. The highest BCUT2D eigenvalue weighted by atomic mass is 16.4. The number of hydrogen-bond donors (Lipinski definition) is 12. The van der Waals surface area contributed by atoms with Gasteiger partial charge >= 0.3 is 5.97 Å². The second-order valence-corrected chi connectivity index (χ2v) is 18.3. The van der Waals surface area contributed by atoms with Gasteiger partial charge in [0, 0.05) is 44.2 Å². The van der Waals surface area contributed by atoms with E-state index >= 15 is 0 Å². The molecule has 0 unspecified atom stereocenters. The third kappa shape index (κ3) is 17.7. The number of nitrogens with one attached hydrogen (secondary N) is 8. The van der Waals surface area contributed by atoms with E-state index in [9.17, 15) is 48.6 Å². The average Bonchev–Trinajstić information content (AvgIpc) is 4.06. The number of aromatic nitrogens is 2. The lowest BCUT2D eigenvalue weighted by Gasteiger charge is -2.32. The number of benzene rings is 2. The van der Waals surface area contributed by atoms with E-state index < -0.39 is 101 Å². The van der Waals surface area contributed by atoms with E-state index in [2.05, 4.69) is 52.2 Å². The van der Waals surface area contributed by atoms with Crippen LogP contribution < -0.4 is 48.7 Å². The van der Waals surface area contributed by atoms with Crippen LogP contribution in [0.1, 0.15) is 76.6 Å². The maximum atomic E-state index is 14.5. The highest BCUT2D eigenvalue weighted by molar-refractivity contribution is 5.98. The highest BCUT2D eigenvalue weighted by Crippen LogP contribution is 2.21. The Balaban J connectivity index is 1.58. The van der Waals surface area contributed by atoms with Crippen LogP contribution >= 0.6 is 0 Å². The van der Waals surface area contributed by atoms with Crippen LogP contribution in [0.15, 0.2) is 72.1 Å². The van der Waals surface area contributed by atoms with E-state index in [-0.39, 0.29) is 63.4 Å². The largest absolute Gasteiger partial charge is 0.508 e. The molecule has 2 aromatic carbocycles. The first-order valence-corrected chi connectivity index (χ1v) is 24.1. The molecule has 23 nitrogen and oxygen atoms in total. The molecule has 0 spiro atoms. The van der Waals surface area contributed by atoms with E-state index in [0.29, 0.717) is 36.1 Å². The fourth-order valence-corrected chi connectivity index (χ4v) is 8.16. The number of aliphatic imine (C=N–C) groups is 1. The highest BCUT2D eigenvalue weighted by Gasteiger charge is 2.41. The molecule has 0 bridgehead atoms. The van der Waals surface area contributed by atoms with Gasteiger partial charge in [-0.2, -0.15) is 0 Å². The van der Waals surface area contributed by atoms with Crippen molar-refractivity contribution in [3.8, 4) is 5.75 Å². The molecule has 14 N–H and O–H groups in total. The van der Waals surface area contributed by atoms with Gasteiger partial charge in [-0.3, -0.25) is 38.6 Å². The molecule has 3 aromatic rings. The Morgan fingerprint density at radius 1 is 0.778 bits per heavy atom. The summed E-state index contributed by atoms with van der Waals surface area (Å²) in [6.45, 7) is 7.15. The molecular formula is C49H71N13O10. The zero-order chi connectivity index (χ0) is 52.9. The minimum Gasteiger partial charge on any atom is -0.508 e. The van der Waals surface area contributed by atoms with E-state index in [4.69, 9.17) is 11.5 Å². The topological polar surface area (TPSA) is 358 Å². The quantitative estimate of drug-likeness (QED) is 0.0239. The number of likely N-dealkylation sites (N-methyl/N-ethyl adjacent to an activating group) is 1. The summed E-state index contributed by atoms with van der Waals surface area (Å²) < 4.78 is 0. The number of nitrogens with zero attached hydrogens (tertiary/aromatic N) is 3. The van der Waals surface area contributed by atoms with Crippen molar-refractivity contribution in [2.24, 2.45) is 28.3 Å². The van der Waals surface area contributed by atoms with Gasteiger partial charge in [-0.05, 0) is 67.8 Å². The Bertz CT molecular complexity index is 2310. The van der Waals surface area contributed by atoms with Gasteiger partial charge in [-0.1, -0.05) is 76.6 Å². The fourth-order valence-electron chi connectivity index (χ4n) is 8.16. The van der Waals surface area contributed by atoms with Crippen molar-refractivity contribution in [3.63, 3.8) is 0 Å². The number of nitrogens with two attached hydrogens (primary N) is 2. The average molecular weight is 1000 g/mol. The normalized spacial score (nSPS) is 16.1. The first-order chi connectivity index (χ1) is 34.3. The number of rotatable bonds is 28. The number of carbonyl (C=O) groups excluding carboxylic acids is 7. The number of amides is 7. The molecule has 23 heteroatoms. The lowest BCUT2D eigenvalue weighted by Crippen LogP contribution is -2.62. The number of aromatic hydroxyl groups is 1. The summed E-state index contributed by atoms with van der Waals surface area (Å²) >= 11 is 0. The molecule has 4 rings (SSSR count). The number of imidazole rings is 1. The van der Waals surface area contributed by atoms with Crippen molar-refractivity contribution in [2.45, 2.75) is 121 Å². The van der Waals surface area contributed by atoms with Gasteiger partial charge in [0.2, 0.25) is 41.4 Å². The molecule has 72 heavy (non-hydrogen) atoms. The molecular weight excluding hydrogens is 931 g/mol. The van der Waals surface area contributed by atoms with Crippen LogP contribution in [0.2, 0.25) is 0 Å². The number of phenols is 1. The lowest BCUT2D eigenvalue weighted by molar-refractivity contribution is -0.145. The molecule has 2 heterocycles. The number of aliphatic carboxylic acids is 1. The van der Waals surface area contributed by atoms with Crippen LogP contribution in [0.3, 0.4) is 0 Å². The Kier molecular flexibility index (Phi) is 22.4. The van der Waals surface area contributed by atoms with E-state index in [1.54, 1.807) is 77.2 Å². The smallest absolute Gasteiger partial charge is 0.326 e. The molecule has 7 amide bonds. The maximum Gasteiger partial charge on any atom is 0.326 e.